The predicted octanol–water partition coefficient (Wildman–Crippen LogP) is 3.63. The van der Waals surface area contributed by atoms with Crippen molar-refractivity contribution in [3.63, 3.8) is 0 Å². The van der Waals surface area contributed by atoms with Crippen molar-refractivity contribution in [3.8, 4) is 0 Å². The molecule has 0 saturated heterocycles. The summed E-state index contributed by atoms with van der Waals surface area (Å²) in [5.41, 5.74) is 1.54. The Labute approximate surface area is 88.4 Å². The average Bonchev–Trinajstić information content (AvgIpc) is 2.70. The van der Waals surface area contributed by atoms with Crippen molar-refractivity contribution in [1.82, 2.24) is 0 Å². The van der Waals surface area contributed by atoms with Crippen molar-refractivity contribution in [2.75, 3.05) is 0 Å². The van der Waals surface area contributed by atoms with Crippen molar-refractivity contribution in [1.29, 1.82) is 0 Å². The van der Waals surface area contributed by atoms with E-state index in [1.807, 2.05) is 18.2 Å². The minimum absolute atomic E-state index is 0.0908. The third-order valence-corrected chi connectivity index (χ3v) is 2.78. The second-order valence-electron chi connectivity index (χ2n) is 3.43. The van der Waals surface area contributed by atoms with Crippen molar-refractivity contribution in [2.45, 2.75) is 19.3 Å². The van der Waals surface area contributed by atoms with Crippen LogP contribution in [-0.2, 0) is 0 Å². The molecule has 72 valence electrons. The molecule has 1 nitrogen and oxygen atoms in total. The quantitative estimate of drug-likeness (QED) is 0.676. The van der Waals surface area contributed by atoms with Gasteiger partial charge in [0.15, 0.2) is 5.78 Å². The fourth-order valence-electron chi connectivity index (χ4n) is 1.70. The van der Waals surface area contributed by atoms with Gasteiger partial charge in [0.25, 0.3) is 0 Å². The highest BCUT2D eigenvalue weighted by Gasteiger charge is 2.16. The van der Waals surface area contributed by atoms with Crippen LogP contribution in [0.3, 0.4) is 0 Å². The fourth-order valence-corrected chi connectivity index (χ4v) is 1.92. The molecule has 0 unspecified atom stereocenters. The lowest BCUT2D eigenvalue weighted by Gasteiger charge is -2.03. The molecule has 0 fully saturated rings. The van der Waals surface area contributed by atoms with Gasteiger partial charge in [0.05, 0.1) is 5.02 Å². The van der Waals surface area contributed by atoms with Crippen LogP contribution in [0.25, 0.3) is 0 Å². The molecule has 0 aliphatic heterocycles. The number of Topliss-reactive ketones (excluding diaryl/α,β-unsaturated/α-hetero) is 1. The molecule has 2 heteroatoms. The number of halogens is 1. The Hall–Kier alpha value is -1.08. The van der Waals surface area contributed by atoms with Crippen molar-refractivity contribution in [2.24, 2.45) is 0 Å². The van der Waals surface area contributed by atoms with E-state index in [1.54, 1.807) is 12.1 Å². The summed E-state index contributed by atoms with van der Waals surface area (Å²) in [5.74, 6) is 0.0908. The number of carbonyl (C=O) groups is 1. The summed E-state index contributed by atoms with van der Waals surface area (Å²) in [5, 5.41) is 0.547. The number of hydrogen-bond acceptors (Lipinski definition) is 1. The van der Waals surface area contributed by atoms with Gasteiger partial charge in [0.1, 0.15) is 0 Å². The molecule has 0 radical (unpaired) electrons. The van der Waals surface area contributed by atoms with Crippen LogP contribution in [-0.4, -0.2) is 5.78 Å². The largest absolute Gasteiger partial charge is 0.289 e. The summed E-state index contributed by atoms with van der Waals surface area (Å²) in [7, 11) is 0. The van der Waals surface area contributed by atoms with Gasteiger partial charge >= 0.3 is 0 Å². The Morgan fingerprint density at radius 2 is 2.07 bits per heavy atom. The topological polar surface area (TPSA) is 17.1 Å². The summed E-state index contributed by atoms with van der Waals surface area (Å²) in [4.78, 5) is 11.9. The molecular formula is C12H11ClO. The molecule has 1 aliphatic carbocycles. The molecule has 0 heterocycles. The third-order valence-electron chi connectivity index (χ3n) is 2.45. The van der Waals surface area contributed by atoms with E-state index >= 15 is 0 Å². The maximum atomic E-state index is 11.9. The van der Waals surface area contributed by atoms with Crippen LogP contribution in [0.4, 0.5) is 0 Å². The Bertz CT molecular complexity index is 393. The molecule has 14 heavy (non-hydrogen) atoms. The number of hydrogen-bond donors (Lipinski definition) is 0. The lowest BCUT2D eigenvalue weighted by atomic mass is 10.0. The first-order chi connectivity index (χ1) is 6.79. The van der Waals surface area contributed by atoms with Crippen molar-refractivity contribution in [3.05, 3.63) is 46.5 Å². The van der Waals surface area contributed by atoms with Gasteiger partial charge in [0, 0.05) is 5.56 Å². The molecule has 1 aliphatic rings. The monoisotopic (exact) mass is 206 g/mol. The molecule has 2 rings (SSSR count). The molecule has 0 N–H and O–H groups in total. The normalized spacial score (nSPS) is 15.4. The van der Waals surface area contributed by atoms with E-state index in [0.717, 1.165) is 24.8 Å². The summed E-state index contributed by atoms with van der Waals surface area (Å²) in [6, 6.07) is 7.21. The number of rotatable bonds is 2. The van der Waals surface area contributed by atoms with Gasteiger partial charge in [0.2, 0.25) is 0 Å². The number of ketones is 1. The van der Waals surface area contributed by atoms with E-state index in [1.165, 1.54) is 0 Å². The number of carbonyl (C=O) groups excluding carboxylic acids is 1. The van der Waals surface area contributed by atoms with E-state index in [0.29, 0.717) is 10.6 Å². The third kappa shape index (κ3) is 1.73. The zero-order valence-corrected chi connectivity index (χ0v) is 8.55. The average molecular weight is 207 g/mol. The zero-order valence-electron chi connectivity index (χ0n) is 7.79. The summed E-state index contributed by atoms with van der Waals surface area (Å²) < 4.78 is 0. The van der Waals surface area contributed by atoms with Crippen molar-refractivity contribution >= 4 is 17.4 Å². The van der Waals surface area contributed by atoms with Gasteiger partial charge in [-0.3, -0.25) is 4.79 Å². The van der Waals surface area contributed by atoms with Crippen LogP contribution in [0.5, 0.6) is 0 Å². The highest BCUT2D eigenvalue weighted by Crippen LogP contribution is 2.25. The van der Waals surface area contributed by atoms with E-state index in [-0.39, 0.29) is 5.78 Å². The fraction of sp³-hybridized carbons (Fsp3) is 0.250. The zero-order chi connectivity index (χ0) is 9.97. The second-order valence-corrected chi connectivity index (χ2v) is 3.84. The Balaban J connectivity index is 2.31. The lowest BCUT2D eigenvalue weighted by Crippen LogP contribution is -2.01. The lowest BCUT2D eigenvalue weighted by molar-refractivity contribution is 0.103. The molecule has 0 amide bonds. The molecule has 0 spiro atoms. The Morgan fingerprint density at radius 1 is 1.29 bits per heavy atom. The van der Waals surface area contributed by atoms with Crippen LogP contribution in [0, 0.1) is 0 Å². The van der Waals surface area contributed by atoms with Crippen LogP contribution >= 0.6 is 11.6 Å². The van der Waals surface area contributed by atoms with Crippen LogP contribution in [0.2, 0.25) is 5.02 Å². The molecule has 0 atom stereocenters. The second kappa shape index (κ2) is 3.97. The maximum absolute atomic E-state index is 11.9. The maximum Gasteiger partial charge on any atom is 0.190 e. The van der Waals surface area contributed by atoms with Gasteiger partial charge in [-0.15, -0.1) is 0 Å². The van der Waals surface area contributed by atoms with Gasteiger partial charge in [-0.05, 0) is 37.0 Å². The minimum Gasteiger partial charge on any atom is -0.289 e. The van der Waals surface area contributed by atoms with E-state index < -0.39 is 0 Å². The summed E-state index contributed by atoms with van der Waals surface area (Å²) in [6.45, 7) is 0. The smallest absolute Gasteiger partial charge is 0.190 e. The first kappa shape index (κ1) is 9.47. The standard InChI is InChI=1S/C12H11ClO/c13-11-8-4-3-7-10(11)12(14)9-5-1-2-6-9/h3-5,7-8H,1-2,6H2. The van der Waals surface area contributed by atoms with Crippen LogP contribution < -0.4 is 0 Å². The number of benzene rings is 1. The van der Waals surface area contributed by atoms with Crippen molar-refractivity contribution < 1.29 is 4.79 Å². The first-order valence-electron chi connectivity index (χ1n) is 4.77. The van der Waals surface area contributed by atoms with Crippen LogP contribution in [0.15, 0.2) is 35.9 Å². The molecule has 0 bridgehead atoms. The molecule has 0 aromatic heterocycles. The SMILES string of the molecule is O=C(C1=CCCC1)c1ccccc1Cl. The summed E-state index contributed by atoms with van der Waals surface area (Å²) in [6.07, 6.45) is 5.02. The molecular weight excluding hydrogens is 196 g/mol. The minimum atomic E-state index is 0.0908. The highest BCUT2D eigenvalue weighted by molar-refractivity contribution is 6.34. The van der Waals surface area contributed by atoms with Crippen LogP contribution in [0.1, 0.15) is 29.6 Å². The first-order valence-corrected chi connectivity index (χ1v) is 5.15. The molecule has 1 aromatic rings. The summed E-state index contributed by atoms with van der Waals surface area (Å²) >= 11 is 5.95. The van der Waals surface area contributed by atoms with Gasteiger partial charge in [-0.2, -0.15) is 0 Å². The Morgan fingerprint density at radius 3 is 2.71 bits per heavy atom. The van der Waals surface area contributed by atoms with Gasteiger partial charge in [-0.25, -0.2) is 0 Å². The van der Waals surface area contributed by atoms with E-state index in [2.05, 4.69) is 0 Å². The highest BCUT2D eigenvalue weighted by atomic mass is 35.5. The molecule has 0 saturated carbocycles. The van der Waals surface area contributed by atoms with E-state index in [4.69, 9.17) is 11.6 Å². The van der Waals surface area contributed by atoms with Gasteiger partial charge in [-0.1, -0.05) is 29.8 Å². The Kier molecular flexibility index (Phi) is 2.69. The predicted molar refractivity (Wildman–Crippen MR) is 57.7 cm³/mol. The number of allylic oxidation sites excluding steroid dienone is 2. The van der Waals surface area contributed by atoms with E-state index in [9.17, 15) is 4.79 Å². The van der Waals surface area contributed by atoms with Gasteiger partial charge < -0.3 is 0 Å². The molecule has 1 aromatic carbocycles.